The maximum Gasteiger partial charge on any atom is 0.262 e. The van der Waals surface area contributed by atoms with Gasteiger partial charge in [-0.3, -0.25) is 4.90 Å². The lowest BCUT2D eigenvalue weighted by molar-refractivity contribution is -0.0185. The summed E-state index contributed by atoms with van der Waals surface area (Å²) >= 11 is 0. The molecule has 0 bridgehead atoms. The number of anilines is 1. The number of nitrogens with zero attached hydrogens (tertiary/aromatic N) is 4. The standard InChI is InChI=1S/C20H28F2N6O/c1-13-8-16(14-2-3-15-18(23)25-12-26-28(14)15)29-17(13)9-27-11-20(21,22)10-19(27)4-6-24-7-5-19/h2-3,12-13,16-17,24H,4-11H2,1H3,(H2,23,25,26)/t13?,16-,17-/m1/s1. The van der Waals surface area contributed by atoms with Gasteiger partial charge in [-0.05, 0) is 50.4 Å². The smallest absolute Gasteiger partial charge is 0.262 e. The highest BCUT2D eigenvalue weighted by Crippen LogP contribution is 2.46. The molecule has 0 aromatic carbocycles. The van der Waals surface area contributed by atoms with Crippen molar-refractivity contribution in [1.29, 1.82) is 0 Å². The molecule has 3 aliphatic rings. The molecule has 0 radical (unpaired) electrons. The van der Waals surface area contributed by atoms with Crippen LogP contribution < -0.4 is 11.1 Å². The summed E-state index contributed by atoms with van der Waals surface area (Å²) < 4.78 is 36.9. The van der Waals surface area contributed by atoms with Crippen molar-refractivity contribution in [3.8, 4) is 0 Å². The number of ether oxygens (including phenoxy) is 1. The van der Waals surface area contributed by atoms with Gasteiger partial charge in [-0.1, -0.05) is 6.92 Å². The molecule has 1 unspecified atom stereocenters. The van der Waals surface area contributed by atoms with Gasteiger partial charge >= 0.3 is 0 Å². The second-order valence-corrected chi connectivity index (χ2v) is 8.96. The number of fused-ring (bicyclic) bond motifs is 1. The van der Waals surface area contributed by atoms with Gasteiger partial charge in [0.1, 0.15) is 17.9 Å². The molecule has 3 aliphatic heterocycles. The van der Waals surface area contributed by atoms with Crippen molar-refractivity contribution in [3.05, 3.63) is 24.2 Å². The topological polar surface area (TPSA) is 80.7 Å². The third kappa shape index (κ3) is 3.29. The molecular weight excluding hydrogens is 378 g/mol. The van der Waals surface area contributed by atoms with Crippen molar-refractivity contribution >= 4 is 11.3 Å². The first-order valence-electron chi connectivity index (χ1n) is 10.4. The fourth-order valence-corrected chi connectivity index (χ4v) is 5.48. The molecule has 5 rings (SSSR count). The number of aromatic nitrogens is 3. The van der Waals surface area contributed by atoms with Gasteiger partial charge in [-0.2, -0.15) is 5.10 Å². The van der Waals surface area contributed by atoms with Gasteiger partial charge in [0.15, 0.2) is 5.82 Å². The van der Waals surface area contributed by atoms with Crippen LogP contribution in [0, 0.1) is 5.92 Å². The molecule has 0 saturated carbocycles. The van der Waals surface area contributed by atoms with Gasteiger partial charge in [0.05, 0.1) is 18.3 Å². The number of rotatable bonds is 3. The van der Waals surface area contributed by atoms with Crippen LogP contribution >= 0.6 is 0 Å². The summed E-state index contributed by atoms with van der Waals surface area (Å²) in [5.41, 5.74) is 7.23. The quantitative estimate of drug-likeness (QED) is 0.814. The molecule has 7 nitrogen and oxygen atoms in total. The van der Waals surface area contributed by atoms with Crippen LogP contribution in [0.2, 0.25) is 0 Å². The van der Waals surface area contributed by atoms with Crippen molar-refractivity contribution in [1.82, 2.24) is 24.8 Å². The fraction of sp³-hybridized carbons (Fsp3) is 0.700. The summed E-state index contributed by atoms with van der Waals surface area (Å²) in [7, 11) is 0. The monoisotopic (exact) mass is 406 g/mol. The number of likely N-dealkylation sites (tertiary alicyclic amines) is 1. The molecule has 0 amide bonds. The second-order valence-electron chi connectivity index (χ2n) is 8.96. The summed E-state index contributed by atoms with van der Waals surface area (Å²) in [6.45, 7) is 4.13. The number of nitrogens with two attached hydrogens (primary N) is 1. The van der Waals surface area contributed by atoms with Crippen LogP contribution in [0.25, 0.3) is 5.52 Å². The second kappa shape index (κ2) is 6.85. The first-order valence-corrected chi connectivity index (χ1v) is 10.4. The van der Waals surface area contributed by atoms with Crippen molar-refractivity contribution < 1.29 is 13.5 Å². The summed E-state index contributed by atoms with van der Waals surface area (Å²) in [4.78, 5) is 6.05. The predicted octanol–water partition coefficient (Wildman–Crippen LogP) is 2.24. The van der Waals surface area contributed by atoms with E-state index in [-0.39, 0.29) is 31.1 Å². The van der Waals surface area contributed by atoms with E-state index >= 15 is 0 Å². The Balaban J connectivity index is 1.35. The SMILES string of the molecule is CC1C[C@H](c2ccc3c(N)ncnn23)O[C@@H]1CN1CC(F)(F)CC12CCNCC2. The minimum absolute atomic E-state index is 0.0360. The Labute approximate surface area is 168 Å². The molecule has 3 saturated heterocycles. The van der Waals surface area contributed by atoms with Gasteiger partial charge in [0.25, 0.3) is 5.92 Å². The summed E-state index contributed by atoms with van der Waals surface area (Å²) in [5, 5.41) is 7.62. The molecule has 9 heteroatoms. The van der Waals surface area contributed by atoms with Crippen LogP contribution in [0.15, 0.2) is 18.5 Å². The number of nitrogen functional groups attached to an aromatic ring is 1. The number of nitrogens with one attached hydrogen (secondary N) is 1. The van der Waals surface area contributed by atoms with E-state index in [0.29, 0.717) is 12.4 Å². The molecule has 3 atom stereocenters. The van der Waals surface area contributed by atoms with Gasteiger partial charge in [0.2, 0.25) is 0 Å². The molecule has 5 heterocycles. The third-order valence-corrected chi connectivity index (χ3v) is 7.02. The Morgan fingerprint density at radius 2 is 2.10 bits per heavy atom. The lowest BCUT2D eigenvalue weighted by Gasteiger charge is -2.42. The minimum atomic E-state index is -2.62. The number of hydrogen-bond donors (Lipinski definition) is 2. The van der Waals surface area contributed by atoms with Crippen molar-refractivity contribution in [3.63, 3.8) is 0 Å². The van der Waals surface area contributed by atoms with E-state index in [1.165, 1.54) is 6.33 Å². The van der Waals surface area contributed by atoms with E-state index in [4.69, 9.17) is 10.5 Å². The zero-order valence-corrected chi connectivity index (χ0v) is 16.7. The van der Waals surface area contributed by atoms with E-state index in [2.05, 4.69) is 22.3 Å². The summed E-state index contributed by atoms with van der Waals surface area (Å²) in [6, 6.07) is 3.87. The van der Waals surface area contributed by atoms with Crippen LogP contribution in [0.5, 0.6) is 0 Å². The average molecular weight is 406 g/mol. The Kier molecular flexibility index (Phi) is 4.52. The predicted molar refractivity (Wildman–Crippen MR) is 105 cm³/mol. The highest BCUT2D eigenvalue weighted by atomic mass is 19.3. The number of halogens is 2. The summed E-state index contributed by atoms with van der Waals surface area (Å²) in [5.74, 6) is -1.91. The molecule has 0 aliphatic carbocycles. The molecule has 1 spiro atoms. The van der Waals surface area contributed by atoms with Gasteiger partial charge < -0.3 is 15.8 Å². The van der Waals surface area contributed by atoms with Crippen LogP contribution in [0.4, 0.5) is 14.6 Å². The summed E-state index contributed by atoms with van der Waals surface area (Å²) in [6.07, 6.45) is 3.57. The normalized spacial score (nSPS) is 31.8. The van der Waals surface area contributed by atoms with E-state index in [1.54, 1.807) is 4.52 Å². The molecule has 158 valence electrons. The van der Waals surface area contributed by atoms with Gasteiger partial charge in [-0.15, -0.1) is 0 Å². The van der Waals surface area contributed by atoms with Gasteiger partial charge in [-0.25, -0.2) is 18.3 Å². The first kappa shape index (κ1) is 19.1. The first-order chi connectivity index (χ1) is 13.9. The Morgan fingerprint density at radius 3 is 2.90 bits per heavy atom. The van der Waals surface area contributed by atoms with Crippen LogP contribution in [0.1, 0.15) is 44.4 Å². The molecule has 3 fully saturated rings. The van der Waals surface area contributed by atoms with Crippen LogP contribution in [-0.4, -0.2) is 63.2 Å². The van der Waals surface area contributed by atoms with E-state index in [0.717, 1.165) is 43.6 Å². The lowest BCUT2D eigenvalue weighted by Crippen LogP contribution is -2.53. The molecule has 29 heavy (non-hydrogen) atoms. The number of hydrogen-bond acceptors (Lipinski definition) is 6. The van der Waals surface area contributed by atoms with Crippen LogP contribution in [-0.2, 0) is 4.74 Å². The molecular formula is C20H28F2N6O. The molecule has 2 aromatic heterocycles. The van der Waals surface area contributed by atoms with E-state index in [1.807, 2.05) is 17.0 Å². The highest BCUT2D eigenvalue weighted by molar-refractivity contribution is 5.65. The zero-order valence-electron chi connectivity index (χ0n) is 16.7. The van der Waals surface area contributed by atoms with E-state index < -0.39 is 11.5 Å². The Bertz CT molecular complexity index is 896. The number of piperidine rings is 1. The molecule has 2 aromatic rings. The zero-order chi connectivity index (χ0) is 20.2. The lowest BCUT2D eigenvalue weighted by atomic mass is 9.84. The Morgan fingerprint density at radius 1 is 1.31 bits per heavy atom. The number of alkyl halides is 2. The third-order valence-electron chi connectivity index (χ3n) is 7.02. The van der Waals surface area contributed by atoms with Gasteiger partial charge in [0, 0.05) is 18.5 Å². The molecule has 3 N–H and O–H groups in total. The maximum atomic E-state index is 14.4. The largest absolute Gasteiger partial charge is 0.382 e. The van der Waals surface area contributed by atoms with Crippen molar-refractivity contribution in [2.75, 3.05) is 31.9 Å². The average Bonchev–Trinajstić information content (AvgIpc) is 3.32. The van der Waals surface area contributed by atoms with E-state index in [9.17, 15) is 8.78 Å². The highest BCUT2D eigenvalue weighted by Gasteiger charge is 2.55. The van der Waals surface area contributed by atoms with Crippen molar-refractivity contribution in [2.45, 2.75) is 56.3 Å². The van der Waals surface area contributed by atoms with Crippen molar-refractivity contribution in [2.24, 2.45) is 5.92 Å². The maximum absolute atomic E-state index is 14.4. The minimum Gasteiger partial charge on any atom is -0.382 e. The van der Waals surface area contributed by atoms with Crippen LogP contribution in [0.3, 0.4) is 0 Å². The fourth-order valence-electron chi connectivity index (χ4n) is 5.48. The Hall–Kier alpha value is -1.84.